The van der Waals surface area contributed by atoms with Gasteiger partial charge < -0.3 is 10.1 Å². The summed E-state index contributed by atoms with van der Waals surface area (Å²) in [6.07, 6.45) is 0. The summed E-state index contributed by atoms with van der Waals surface area (Å²) in [5.41, 5.74) is 1.27. The van der Waals surface area contributed by atoms with E-state index in [9.17, 15) is 14.9 Å². The Kier molecular flexibility index (Phi) is 6.84. The maximum atomic E-state index is 12.4. The topological polar surface area (TPSA) is 93.5 Å². The molecule has 2 rings (SSSR count). The minimum Gasteiger partial charge on any atom is -0.493 e. The highest BCUT2D eigenvalue weighted by Crippen LogP contribution is 2.25. The van der Waals surface area contributed by atoms with Crippen LogP contribution in [0.1, 0.15) is 29.8 Å². The smallest absolute Gasteiger partial charge is 0.274 e. The Morgan fingerprint density at radius 2 is 1.96 bits per heavy atom. The molecule has 8 heteroatoms. The highest BCUT2D eigenvalue weighted by Gasteiger charge is 2.15. The van der Waals surface area contributed by atoms with Gasteiger partial charge in [-0.25, -0.2) is 0 Å². The van der Waals surface area contributed by atoms with Crippen LogP contribution < -0.4 is 15.4 Å². The van der Waals surface area contributed by atoms with Crippen LogP contribution >= 0.6 is 12.2 Å². The maximum Gasteiger partial charge on any atom is 0.274 e. The monoisotopic (exact) mass is 387 g/mol. The van der Waals surface area contributed by atoms with Gasteiger partial charge in [0.2, 0.25) is 0 Å². The van der Waals surface area contributed by atoms with E-state index in [0.717, 1.165) is 0 Å². The van der Waals surface area contributed by atoms with Crippen LogP contribution in [-0.4, -0.2) is 22.5 Å². The van der Waals surface area contributed by atoms with Crippen molar-refractivity contribution in [3.8, 4) is 5.75 Å². The molecule has 0 aliphatic rings. The van der Waals surface area contributed by atoms with E-state index in [1.807, 2.05) is 13.8 Å². The fourth-order valence-corrected chi connectivity index (χ4v) is 2.48. The zero-order valence-corrected chi connectivity index (χ0v) is 16.1. The third kappa shape index (κ3) is 5.75. The molecule has 0 heterocycles. The zero-order valence-electron chi connectivity index (χ0n) is 15.3. The first kappa shape index (κ1) is 20.3. The lowest BCUT2D eigenvalue weighted by atomic mass is 10.1. The fourth-order valence-electron chi connectivity index (χ4n) is 2.28. The summed E-state index contributed by atoms with van der Waals surface area (Å²) in [7, 11) is 0. The van der Waals surface area contributed by atoms with Crippen LogP contribution in [0.3, 0.4) is 0 Å². The lowest BCUT2D eigenvalue weighted by molar-refractivity contribution is -0.385. The van der Waals surface area contributed by atoms with E-state index >= 15 is 0 Å². The van der Waals surface area contributed by atoms with Gasteiger partial charge in [-0.1, -0.05) is 26.0 Å². The van der Waals surface area contributed by atoms with E-state index in [1.165, 1.54) is 6.07 Å². The Labute approximate surface area is 162 Å². The van der Waals surface area contributed by atoms with Crippen molar-refractivity contribution in [1.82, 2.24) is 5.32 Å². The van der Waals surface area contributed by atoms with Gasteiger partial charge >= 0.3 is 0 Å². The molecule has 0 atom stereocenters. The molecule has 0 aliphatic heterocycles. The highest BCUT2D eigenvalue weighted by molar-refractivity contribution is 7.80. The SMILES string of the molecule is Cc1c(NC(=S)NC(=O)c2cccc(OCC(C)C)c2)cccc1[N+](=O)[O-]. The van der Waals surface area contributed by atoms with Gasteiger partial charge in [0.05, 0.1) is 22.8 Å². The molecule has 0 saturated heterocycles. The van der Waals surface area contributed by atoms with Crippen molar-refractivity contribution >= 4 is 34.6 Å². The lowest BCUT2D eigenvalue weighted by Gasteiger charge is -2.13. The molecule has 0 radical (unpaired) electrons. The first-order valence-electron chi connectivity index (χ1n) is 8.37. The van der Waals surface area contributed by atoms with Crippen LogP contribution in [0.5, 0.6) is 5.75 Å². The van der Waals surface area contributed by atoms with Crippen LogP contribution in [0, 0.1) is 23.0 Å². The number of ether oxygens (including phenoxy) is 1. The molecule has 0 saturated carbocycles. The van der Waals surface area contributed by atoms with Crippen molar-refractivity contribution in [3.05, 3.63) is 63.7 Å². The average molecular weight is 387 g/mol. The number of nitrogens with zero attached hydrogens (tertiary/aromatic N) is 1. The van der Waals surface area contributed by atoms with E-state index in [2.05, 4.69) is 10.6 Å². The molecule has 27 heavy (non-hydrogen) atoms. The molecule has 2 aromatic rings. The average Bonchev–Trinajstić information content (AvgIpc) is 2.61. The van der Waals surface area contributed by atoms with Crippen molar-refractivity contribution in [1.29, 1.82) is 0 Å². The first-order valence-corrected chi connectivity index (χ1v) is 8.78. The number of nitrogens with one attached hydrogen (secondary N) is 2. The Hall–Kier alpha value is -3.00. The predicted molar refractivity (Wildman–Crippen MR) is 108 cm³/mol. The minimum atomic E-state index is -0.467. The van der Waals surface area contributed by atoms with Crippen LogP contribution in [-0.2, 0) is 0 Å². The number of hydrogen-bond donors (Lipinski definition) is 2. The number of thiocarbonyl (C=S) groups is 1. The molecule has 0 unspecified atom stereocenters. The van der Waals surface area contributed by atoms with Gasteiger partial charge in [-0.3, -0.25) is 20.2 Å². The van der Waals surface area contributed by atoms with Crippen LogP contribution in [0.15, 0.2) is 42.5 Å². The van der Waals surface area contributed by atoms with Crippen LogP contribution in [0.2, 0.25) is 0 Å². The van der Waals surface area contributed by atoms with Crippen LogP contribution in [0.25, 0.3) is 0 Å². The Morgan fingerprint density at radius 3 is 2.63 bits per heavy atom. The molecule has 2 aromatic carbocycles. The van der Waals surface area contributed by atoms with Crippen molar-refractivity contribution in [2.75, 3.05) is 11.9 Å². The number of hydrogen-bond acceptors (Lipinski definition) is 5. The summed E-state index contributed by atoms with van der Waals surface area (Å²) in [4.78, 5) is 22.9. The second-order valence-electron chi connectivity index (χ2n) is 6.35. The van der Waals surface area contributed by atoms with Crippen molar-refractivity contribution in [2.45, 2.75) is 20.8 Å². The number of carbonyl (C=O) groups is 1. The lowest BCUT2D eigenvalue weighted by Crippen LogP contribution is -2.34. The largest absolute Gasteiger partial charge is 0.493 e. The van der Waals surface area contributed by atoms with E-state index in [4.69, 9.17) is 17.0 Å². The Balaban J connectivity index is 2.04. The van der Waals surface area contributed by atoms with E-state index in [-0.39, 0.29) is 10.8 Å². The minimum absolute atomic E-state index is 0.0240. The quantitative estimate of drug-likeness (QED) is 0.441. The third-order valence-electron chi connectivity index (χ3n) is 3.66. The number of carbonyl (C=O) groups excluding carboxylic acids is 1. The number of nitro benzene ring substituents is 1. The second kappa shape index (κ2) is 9.09. The molecular weight excluding hydrogens is 366 g/mol. The normalized spacial score (nSPS) is 10.4. The molecule has 0 aromatic heterocycles. The summed E-state index contributed by atoms with van der Waals surface area (Å²) in [6, 6.07) is 11.4. The number of amides is 1. The van der Waals surface area contributed by atoms with Gasteiger partial charge in [0.1, 0.15) is 5.75 Å². The number of nitro groups is 1. The molecular formula is C19H21N3O4S. The van der Waals surface area contributed by atoms with Gasteiger partial charge in [-0.15, -0.1) is 0 Å². The molecule has 2 N–H and O–H groups in total. The molecule has 1 amide bonds. The molecule has 0 spiro atoms. The van der Waals surface area contributed by atoms with E-state index < -0.39 is 10.8 Å². The Bertz CT molecular complexity index is 868. The van der Waals surface area contributed by atoms with E-state index in [0.29, 0.717) is 35.1 Å². The molecule has 0 aliphatic carbocycles. The highest BCUT2D eigenvalue weighted by atomic mass is 32.1. The second-order valence-corrected chi connectivity index (χ2v) is 6.76. The number of rotatable bonds is 6. The van der Waals surface area contributed by atoms with Gasteiger partial charge in [0, 0.05) is 11.6 Å². The first-order chi connectivity index (χ1) is 12.8. The zero-order chi connectivity index (χ0) is 20.0. The summed E-state index contributed by atoms with van der Waals surface area (Å²) in [5.74, 6) is 0.577. The summed E-state index contributed by atoms with van der Waals surface area (Å²) >= 11 is 5.15. The maximum absolute atomic E-state index is 12.4. The van der Waals surface area contributed by atoms with Gasteiger partial charge in [-0.05, 0) is 49.3 Å². The predicted octanol–water partition coefficient (Wildman–Crippen LogP) is 4.06. The standard InChI is InChI=1S/C19H21N3O4S/c1-12(2)11-26-15-7-4-6-14(10-15)18(23)21-19(27)20-16-8-5-9-17(13(16)3)22(24)25/h4-10,12H,11H2,1-3H3,(H2,20,21,23,27). The molecule has 0 bridgehead atoms. The third-order valence-corrected chi connectivity index (χ3v) is 3.86. The molecule has 0 fully saturated rings. The molecule has 142 valence electrons. The van der Waals surface area contributed by atoms with Crippen molar-refractivity contribution in [3.63, 3.8) is 0 Å². The molecule has 7 nitrogen and oxygen atoms in total. The van der Waals surface area contributed by atoms with Crippen molar-refractivity contribution in [2.24, 2.45) is 5.92 Å². The van der Waals surface area contributed by atoms with Crippen LogP contribution in [0.4, 0.5) is 11.4 Å². The Morgan fingerprint density at radius 1 is 1.26 bits per heavy atom. The summed E-state index contributed by atoms with van der Waals surface area (Å²) < 4.78 is 5.62. The van der Waals surface area contributed by atoms with Crippen molar-refractivity contribution < 1.29 is 14.5 Å². The number of benzene rings is 2. The summed E-state index contributed by atoms with van der Waals surface area (Å²) in [5, 5.41) is 16.5. The van der Waals surface area contributed by atoms with Gasteiger partial charge in [0.25, 0.3) is 11.6 Å². The fraction of sp³-hybridized carbons (Fsp3) is 0.263. The van der Waals surface area contributed by atoms with E-state index in [1.54, 1.807) is 43.3 Å². The number of anilines is 1. The van der Waals surface area contributed by atoms with Gasteiger partial charge in [-0.2, -0.15) is 0 Å². The van der Waals surface area contributed by atoms with Gasteiger partial charge in [0.15, 0.2) is 5.11 Å². The summed E-state index contributed by atoms with van der Waals surface area (Å²) in [6.45, 7) is 6.24.